The molecule has 1 saturated carbocycles. The van der Waals surface area contributed by atoms with Crippen LogP contribution in [-0.2, 0) is 0 Å². The van der Waals surface area contributed by atoms with Gasteiger partial charge in [0.2, 0.25) is 0 Å². The van der Waals surface area contributed by atoms with E-state index in [0.717, 1.165) is 11.1 Å². The largest absolute Gasteiger partial charge is 0.293 e. The van der Waals surface area contributed by atoms with Crippen LogP contribution in [0.25, 0.3) is 0 Å². The van der Waals surface area contributed by atoms with Crippen molar-refractivity contribution in [3.63, 3.8) is 0 Å². The molecule has 1 aliphatic rings. The lowest BCUT2D eigenvalue weighted by atomic mass is 9.88. The summed E-state index contributed by atoms with van der Waals surface area (Å²) in [7, 11) is 0. The van der Waals surface area contributed by atoms with Crippen molar-refractivity contribution in [1.82, 2.24) is 0 Å². The molecule has 0 bridgehead atoms. The lowest BCUT2D eigenvalue weighted by Gasteiger charge is -2.13. The number of ketones is 1. The molecule has 0 aromatic heterocycles. The zero-order valence-corrected chi connectivity index (χ0v) is 11.8. The van der Waals surface area contributed by atoms with E-state index in [-0.39, 0.29) is 18.1 Å². The molecule has 0 N–H and O–H groups in total. The highest BCUT2D eigenvalue weighted by molar-refractivity contribution is 6.01. The Balaban J connectivity index is 1.90. The summed E-state index contributed by atoms with van der Waals surface area (Å²) in [6.45, 7) is 0. The van der Waals surface area contributed by atoms with Gasteiger partial charge in [0, 0.05) is 12.0 Å². The number of carbonyl (C=O) groups is 1. The molecule has 0 amide bonds. The molecule has 2 nitrogen and oxygen atoms in total. The predicted octanol–water partition coefficient (Wildman–Crippen LogP) is 4.44. The molecule has 1 unspecified atom stereocenters. The Hall–Kier alpha value is -2.40. The van der Waals surface area contributed by atoms with Crippen LogP contribution in [0.15, 0.2) is 54.6 Å². The number of benzene rings is 2. The van der Waals surface area contributed by atoms with Crippen LogP contribution in [-0.4, -0.2) is 5.78 Å². The molecule has 2 aromatic carbocycles. The van der Waals surface area contributed by atoms with E-state index < -0.39 is 0 Å². The molecule has 21 heavy (non-hydrogen) atoms. The topological polar surface area (TPSA) is 40.9 Å². The fourth-order valence-corrected chi connectivity index (χ4v) is 2.70. The smallest absolute Gasteiger partial charge is 0.171 e. The lowest BCUT2D eigenvalue weighted by Crippen LogP contribution is -2.13. The van der Waals surface area contributed by atoms with Crippen LogP contribution in [0.5, 0.6) is 0 Å². The molecule has 3 rings (SSSR count). The van der Waals surface area contributed by atoms with E-state index in [1.54, 1.807) is 0 Å². The number of nitrogens with zero attached hydrogens (tertiary/aromatic N) is 1. The van der Waals surface area contributed by atoms with Crippen LogP contribution in [0.3, 0.4) is 0 Å². The number of Topliss-reactive ketones (excluding diaryl/α,β-unsaturated/α-hetero) is 1. The van der Waals surface area contributed by atoms with Crippen LogP contribution in [0.2, 0.25) is 0 Å². The van der Waals surface area contributed by atoms with Gasteiger partial charge in [-0.25, -0.2) is 0 Å². The van der Waals surface area contributed by atoms with Crippen LogP contribution < -0.4 is 0 Å². The Morgan fingerprint density at radius 1 is 1.14 bits per heavy atom. The van der Waals surface area contributed by atoms with Crippen LogP contribution in [0.1, 0.15) is 52.6 Å². The predicted molar refractivity (Wildman–Crippen MR) is 82.2 cm³/mol. The van der Waals surface area contributed by atoms with Gasteiger partial charge in [-0.3, -0.25) is 4.79 Å². The monoisotopic (exact) mass is 275 g/mol. The molecule has 0 heterocycles. The maximum Gasteiger partial charge on any atom is 0.171 e. The molecule has 0 saturated heterocycles. The SMILES string of the molecule is N#CCC(C(=O)c1cccc(C2CC2)c1)c1ccccc1. The van der Waals surface area contributed by atoms with Crippen molar-refractivity contribution in [3.8, 4) is 6.07 Å². The van der Waals surface area contributed by atoms with Gasteiger partial charge in [0.05, 0.1) is 12.0 Å². The quantitative estimate of drug-likeness (QED) is 0.757. The number of nitriles is 1. The zero-order valence-electron chi connectivity index (χ0n) is 11.8. The van der Waals surface area contributed by atoms with E-state index in [4.69, 9.17) is 5.26 Å². The van der Waals surface area contributed by atoms with Gasteiger partial charge in [-0.15, -0.1) is 0 Å². The maximum atomic E-state index is 12.8. The first kappa shape index (κ1) is 13.6. The highest BCUT2D eigenvalue weighted by Crippen LogP contribution is 2.40. The Morgan fingerprint density at radius 3 is 2.57 bits per heavy atom. The summed E-state index contributed by atoms with van der Waals surface area (Å²) in [5, 5.41) is 9.04. The third-order valence-electron chi connectivity index (χ3n) is 4.03. The summed E-state index contributed by atoms with van der Waals surface area (Å²) in [6, 6.07) is 19.6. The first-order valence-electron chi connectivity index (χ1n) is 7.35. The van der Waals surface area contributed by atoms with Gasteiger partial charge in [-0.1, -0.05) is 48.5 Å². The van der Waals surface area contributed by atoms with Crippen LogP contribution in [0.4, 0.5) is 0 Å². The van der Waals surface area contributed by atoms with Crippen molar-refractivity contribution < 1.29 is 4.79 Å². The fourth-order valence-electron chi connectivity index (χ4n) is 2.70. The molecule has 2 aromatic rings. The zero-order chi connectivity index (χ0) is 14.7. The lowest BCUT2D eigenvalue weighted by molar-refractivity contribution is 0.0960. The van der Waals surface area contributed by atoms with Crippen LogP contribution in [0, 0.1) is 11.3 Å². The Kier molecular flexibility index (Phi) is 3.83. The van der Waals surface area contributed by atoms with Gasteiger partial charge in [0.25, 0.3) is 0 Å². The number of hydrogen-bond donors (Lipinski definition) is 0. The minimum Gasteiger partial charge on any atom is -0.293 e. The van der Waals surface area contributed by atoms with E-state index >= 15 is 0 Å². The molecule has 104 valence electrons. The first-order chi connectivity index (χ1) is 10.3. The van der Waals surface area contributed by atoms with Crippen molar-refractivity contribution in [3.05, 3.63) is 71.3 Å². The Morgan fingerprint density at radius 2 is 1.90 bits per heavy atom. The highest BCUT2D eigenvalue weighted by atomic mass is 16.1. The van der Waals surface area contributed by atoms with Gasteiger partial charge in [-0.2, -0.15) is 5.26 Å². The summed E-state index contributed by atoms with van der Waals surface area (Å²) in [4.78, 5) is 12.8. The van der Waals surface area contributed by atoms with Crippen molar-refractivity contribution in [2.45, 2.75) is 31.1 Å². The second-order valence-corrected chi connectivity index (χ2v) is 5.59. The van der Waals surface area contributed by atoms with E-state index in [9.17, 15) is 4.79 Å². The average molecular weight is 275 g/mol. The van der Waals surface area contributed by atoms with E-state index in [0.29, 0.717) is 5.92 Å². The molecule has 1 aliphatic carbocycles. The minimum absolute atomic E-state index is 0.0465. The third-order valence-corrected chi connectivity index (χ3v) is 4.03. The Labute approximate surface area is 125 Å². The summed E-state index contributed by atoms with van der Waals surface area (Å²) < 4.78 is 0. The normalized spacial score (nSPS) is 15.2. The summed E-state index contributed by atoms with van der Waals surface area (Å²) in [5.74, 6) is 0.305. The molecule has 2 heteroatoms. The van der Waals surface area contributed by atoms with Crippen molar-refractivity contribution in [2.75, 3.05) is 0 Å². The number of carbonyl (C=O) groups excluding carboxylic acids is 1. The van der Waals surface area contributed by atoms with Gasteiger partial charge < -0.3 is 0 Å². The first-order valence-corrected chi connectivity index (χ1v) is 7.35. The molecule has 1 fully saturated rings. The summed E-state index contributed by atoms with van der Waals surface area (Å²) >= 11 is 0. The number of rotatable bonds is 5. The van der Waals surface area contributed by atoms with Crippen molar-refractivity contribution in [2.24, 2.45) is 0 Å². The van der Waals surface area contributed by atoms with Gasteiger partial charge in [0.1, 0.15) is 0 Å². The molecule has 1 atom stereocenters. The second-order valence-electron chi connectivity index (χ2n) is 5.59. The molecule has 0 aliphatic heterocycles. The Bertz CT molecular complexity index is 680. The van der Waals surface area contributed by atoms with Crippen LogP contribution >= 0.6 is 0 Å². The maximum absolute atomic E-state index is 12.8. The molecular weight excluding hydrogens is 258 g/mol. The standard InChI is InChI=1S/C19H17NO/c20-12-11-18(15-5-2-1-3-6-15)19(21)17-8-4-7-16(13-17)14-9-10-14/h1-8,13-14,18H,9-11H2. The molecular formula is C19H17NO. The summed E-state index contributed by atoms with van der Waals surface area (Å²) in [5.41, 5.74) is 2.90. The van der Waals surface area contributed by atoms with Gasteiger partial charge in [0.15, 0.2) is 5.78 Å². The number of hydrogen-bond acceptors (Lipinski definition) is 2. The molecule has 0 radical (unpaired) electrons. The fraction of sp³-hybridized carbons (Fsp3) is 0.263. The van der Waals surface area contributed by atoms with E-state index in [1.165, 1.54) is 18.4 Å². The second kappa shape index (κ2) is 5.93. The van der Waals surface area contributed by atoms with Gasteiger partial charge >= 0.3 is 0 Å². The van der Waals surface area contributed by atoms with Crippen molar-refractivity contribution in [1.29, 1.82) is 5.26 Å². The van der Waals surface area contributed by atoms with Crippen molar-refractivity contribution >= 4 is 5.78 Å². The molecule has 0 spiro atoms. The van der Waals surface area contributed by atoms with E-state index in [1.807, 2.05) is 48.5 Å². The minimum atomic E-state index is -0.370. The summed E-state index contributed by atoms with van der Waals surface area (Å²) in [6.07, 6.45) is 2.66. The average Bonchev–Trinajstić information content (AvgIpc) is 3.38. The third kappa shape index (κ3) is 3.03. The van der Waals surface area contributed by atoms with Gasteiger partial charge in [-0.05, 0) is 36.0 Å². The van der Waals surface area contributed by atoms with E-state index in [2.05, 4.69) is 12.1 Å². The highest BCUT2D eigenvalue weighted by Gasteiger charge is 2.26.